The van der Waals surface area contributed by atoms with Crippen molar-refractivity contribution in [2.24, 2.45) is 17.3 Å². The molecule has 0 radical (unpaired) electrons. The number of aliphatic hydroxyl groups is 4. The van der Waals surface area contributed by atoms with E-state index in [2.05, 4.69) is 25.7 Å². The molecule has 3 fully saturated rings. The molecule has 0 saturated heterocycles. The predicted octanol–water partition coefficient (Wildman–Crippen LogP) is 3.67. The standard InChI is InChI=1S/C26H42O5/c1-17-19(14-20(28)15-23(17)29)8-7-18-6-5-11-26(4)21(18)9-10-22(26)24(16-27)31-13-12-25(2,3)30/h7-8,20-24,27-30H,1,5-6,9-16H2,2-4H3/b18-7+,19-8-/t20-,21+,22-,23+,24-,26+/m1/s1. The Bertz CT molecular complexity index is 703. The molecule has 3 rings (SSSR count). The Balaban J connectivity index is 1.73. The van der Waals surface area contributed by atoms with Gasteiger partial charge in [-0.05, 0) is 87.2 Å². The van der Waals surface area contributed by atoms with Crippen molar-refractivity contribution in [2.45, 2.75) is 96.1 Å². The molecule has 0 bridgehead atoms. The molecule has 0 unspecified atom stereocenters. The van der Waals surface area contributed by atoms with Gasteiger partial charge in [0.05, 0.1) is 30.5 Å². The van der Waals surface area contributed by atoms with Crippen LogP contribution in [0.5, 0.6) is 0 Å². The van der Waals surface area contributed by atoms with Crippen LogP contribution in [0.25, 0.3) is 0 Å². The van der Waals surface area contributed by atoms with Gasteiger partial charge in [0, 0.05) is 13.0 Å². The number of hydrogen-bond donors (Lipinski definition) is 4. The van der Waals surface area contributed by atoms with E-state index in [9.17, 15) is 20.4 Å². The minimum atomic E-state index is -0.763. The number of hydrogen-bond acceptors (Lipinski definition) is 5. The molecule has 0 aromatic carbocycles. The summed E-state index contributed by atoms with van der Waals surface area (Å²) in [6.07, 6.45) is 9.81. The van der Waals surface area contributed by atoms with Crippen molar-refractivity contribution in [1.82, 2.24) is 0 Å². The normalized spacial score (nSPS) is 38.0. The van der Waals surface area contributed by atoms with Crippen molar-refractivity contribution in [3.8, 4) is 0 Å². The van der Waals surface area contributed by atoms with E-state index in [1.807, 2.05) is 0 Å². The van der Waals surface area contributed by atoms with Crippen LogP contribution in [0.2, 0.25) is 0 Å². The molecule has 0 aliphatic heterocycles. The monoisotopic (exact) mass is 434 g/mol. The van der Waals surface area contributed by atoms with E-state index < -0.39 is 17.8 Å². The third kappa shape index (κ3) is 5.69. The van der Waals surface area contributed by atoms with Gasteiger partial charge < -0.3 is 25.2 Å². The first-order valence-corrected chi connectivity index (χ1v) is 11.9. The molecule has 3 aliphatic carbocycles. The van der Waals surface area contributed by atoms with Gasteiger partial charge in [-0.25, -0.2) is 0 Å². The molecular weight excluding hydrogens is 392 g/mol. The first kappa shape index (κ1) is 24.7. The smallest absolute Gasteiger partial charge is 0.0839 e. The van der Waals surface area contributed by atoms with Gasteiger partial charge in [0.15, 0.2) is 0 Å². The number of allylic oxidation sites excluding steroid dienone is 3. The average Bonchev–Trinajstić information content (AvgIpc) is 3.03. The second-order valence-corrected chi connectivity index (χ2v) is 10.8. The number of aliphatic hydroxyl groups excluding tert-OH is 3. The van der Waals surface area contributed by atoms with E-state index in [0.29, 0.717) is 37.7 Å². The Kier molecular flexibility index (Phi) is 7.86. The summed E-state index contributed by atoms with van der Waals surface area (Å²) < 4.78 is 6.08. The summed E-state index contributed by atoms with van der Waals surface area (Å²) in [5.74, 6) is 0.760. The van der Waals surface area contributed by atoms with E-state index in [0.717, 1.165) is 43.3 Å². The van der Waals surface area contributed by atoms with Gasteiger partial charge >= 0.3 is 0 Å². The van der Waals surface area contributed by atoms with Crippen LogP contribution in [0.4, 0.5) is 0 Å². The summed E-state index contributed by atoms with van der Waals surface area (Å²) >= 11 is 0. The Morgan fingerprint density at radius 3 is 2.68 bits per heavy atom. The van der Waals surface area contributed by atoms with Gasteiger partial charge in [-0.3, -0.25) is 0 Å². The second-order valence-electron chi connectivity index (χ2n) is 10.8. The maximum Gasteiger partial charge on any atom is 0.0839 e. The summed E-state index contributed by atoms with van der Waals surface area (Å²) in [6, 6.07) is 0. The molecular formula is C26H42O5. The van der Waals surface area contributed by atoms with E-state index in [1.54, 1.807) is 13.8 Å². The maximum absolute atomic E-state index is 10.1. The number of ether oxygens (including phenoxy) is 1. The predicted molar refractivity (Wildman–Crippen MR) is 122 cm³/mol. The Hall–Kier alpha value is -0.980. The van der Waals surface area contributed by atoms with E-state index in [1.165, 1.54) is 5.57 Å². The lowest BCUT2D eigenvalue weighted by atomic mass is 9.62. The van der Waals surface area contributed by atoms with Gasteiger partial charge in [-0.2, -0.15) is 0 Å². The van der Waals surface area contributed by atoms with E-state index in [-0.39, 0.29) is 18.1 Å². The van der Waals surface area contributed by atoms with Crippen LogP contribution in [-0.4, -0.2) is 57.6 Å². The summed E-state index contributed by atoms with van der Waals surface area (Å²) in [5.41, 5.74) is 2.43. The van der Waals surface area contributed by atoms with Crippen LogP contribution in [0.15, 0.2) is 35.5 Å². The lowest BCUT2D eigenvalue weighted by Crippen LogP contribution is -2.41. The molecule has 0 aromatic heterocycles. The van der Waals surface area contributed by atoms with Crippen molar-refractivity contribution in [3.05, 3.63) is 35.5 Å². The summed E-state index contributed by atoms with van der Waals surface area (Å²) in [6.45, 7) is 10.4. The lowest BCUT2D eigenvalue weighted by Gasteiger charge is -2.44. The maximum atomic E-state index is 10.1. The Morgan fingerprint density at radius 2 is 2.00 bits per heavy atom. The molecule has 3 saturated carbocycles. The van der Waals surface area contributed by atoms with Crippen LogP contribution < -0.4 is 0 Å². The van der Waals surface area contributed by atoms with Gasteiger partial charge in [0.2, 0.25) is 0 Å². The lowest BCUT2D eigenvalue weighted by molar-refractivity contribution is -0.0751. The minimum Gasteiger partial charge on any atom is -0.394 e. The molecule has 0 spiro atoms. The highest BCUT2D eigenvalue weighted by molar-refractivity contribution is 5.38. The van der Waals surface area contributed by atoms with E-state index in [4.69, 9.17) is 4.74 Å². The molecule has 0 amide bonds. The van der Waals surface area contributed by atoms with Gasteiger partial charge in [0.25, 0.3) is 0 Å². The van der Waals surface area contributed by atoms with Crippen LogP contribution in [0.1, 0.15) is 72.1 Å². The highest BCUT2D eigenvalue weighted by atomic mass is 16.5. The molecule has 0 aromatic rings. The quantitative estimate of drug-likeness (QED) is 0.491. The van der Waals surface area contributed by atoms with Gasteiger partial charge in [0.1, 0.15) is 0 Å². The third-order valence-electron chi connectivity index (χ3n) is 7.98. The zero-order chi connectivity index (χ0) is 22.8. The summed E-state index contributed by atoms with van der Waals surface area (Å²) in [4.78, 5) is 0. The zero-order valence-corrected chi connectivity index (χ0v) is 19.5. The molecule has 0 heterocycles. The molecule has 6 atom stereocenters. The molecule has 176 valence electrons. The minimum absolute atomic E-state index is 0.0114. The average molecular weight is 435 g/mol. The van der Waals surface area contributed by atoms with E-state index >= 15 is 0 Å². The van der Waals surface area contributed by atoms with Crippen molar-refractivity contribution in [1.29, 1.82) is 0 Å². The summed E-state index contributed by atoms with van der Waals surface area (Å²) in [7, 11) is 0. The Morgan fingerprint density at radius 1 is 1.26 bits per heavy atom. The fourth-order valence-corrected chi connectivity index (χ4v) is 6.11. The van der Waals surface area contributed by atoms with Crippen molar-refractivity contribution in [2.75, 3.05) is 13.2 Å². The first-order chi connectivity index (χ1) is 14.5. The zero-order valence-electron chi connectivity index (χ0n) is 19.5. The summed E-state index contributed by atoms with van der Waals surface area (Å²) in [5, 5.41) is 40.2. The van der Waals surface area contributed by atoms with Crippen molar-refractivity contribution >= 4 is 0 Å². The van der Waals surface area contributed by atoms with Crippen LogP contribution in [0, 0.1) is 17.3 Å². The molecule has 5 nitrogen and oxygen atoms in total. The fourth-order valence-electron chi connectivity index (χ4n) is 6.11. The molecule has 5 heteroatoms. The molecule has 4 N–H and O–H groups in total. The van der Waals surface area contributed by atoms with Crippen molar-refractivity contribution < 1.29 is 25.2 Å². The Labute approximate surface area is 187 Å². The van der Waals surface area contributed by atoms with Crippen LogP contribution in [0.3, 0.4) is 0 Å². The second kappa shape index (κ2) is 9.88. The highest BCUT2D eigenvalue weighted by Crippen LogP contribution is 2.58. The molecule has 31 heavy (non-hydrogen) atoms. The number of rotatable bonds is 7. The van der Waals surface area contributed by atoms with Crippen LogP contribution in [-0.2, 0) is 4.74 Å². The SMILES string of the molecule is C=C1/C(=C\C=C2/CCC[C@]3(C)[C@@H]([C@@H](CO)OCCC(C)(C)O)CC[C@@H]23)C[C@@H](O)C[C@@H]1O. The third-order valence-corrected chi connectivity index (χ3v) is 7.98. The van der Waals surface area contributed by atoms with Crippen LogP contribution >= 0.6 is 0 Å². The fraction of sp³-hybridized carbons (Fsp3) is 0.769. The molecule has 3 aliphatic rings. The van der Waals surface area contributed by atoms with Gasteiger partial charge in [-0.15, -0.1) is 0 Å². The highest BCUT2D eigenvalue weighted by Gasteiger charge is 2.51. The first-order valence-electron chi connectivity index (χ1n) is 11.9. The number of fused-ring (bicyclic) bond motifs is 1. The van der Waals surface area contributed by atoms with Gasteiger partial charge in [-0.1, -0.05) is 31.2 Å². The van der Waals surface area contributed by atoms with Crippen molar-refractivity contribution in [3.63, 3.8) is 0 Å². The largest absolute Gasteiger partial charge is 0.394 e. The topological polar surface area (TPSA) is 90.2 Å².